The van der Waals surface area contributed by atoms with Crippen LogP contribution in [0.1, 0.15) is 34.1 Å². The van der Waals surface area contributed by atoms with Crippen molar-refractivity contribution >= 4 is 40.0 Å². The average Bonchev–Trinajstić information content (AvgIpc) is 3.48. The van der Waals surface area contributed by atoms with E-state index in [1.807, 2.05) is 35.2 Å². The molecule has 4 aromatic rings. The molecule has 0 unspecified atom stereocenters. The lowest BCUT2D eigenvalue weighted by Gasteiger charge is -2.31. The predicted molar refractivity (Wildman–Crippen MR) is 103 cm³/mol. The van der Waals surface area contributed by atoms with E-state index in [9.17, 15) is 4.79 Å². The van der Waals surface area contributed by atoms with Gasteiger partial charge in [-0.15, -0.1) is 10.2 Å². The molecule has 1 fully saturated rings. The number of fused-ring (bicyclic) bond motifs is 1. The molecule has 3 aromatic heterocycles. The highest BCUT2D eigenvalue weighted by Crippen LogP contribution is 2.34. The lowest BCUT2D eigenvalue weighted by atomic mass is 9.97. The molecule has 1 aliphatic heterocycles. The maximum atomic E-state index is 12.8. The first-order valence-electron chi connectivity index (χ1n) is 8.67. The first-order chi connectivity index (χ1) is 13.3. The smallest absolute Gasteiger partial charge is 0.253 e. The molecule has 4 heterocycles. The molecule has 0 saturated carbocycles. The quantitative estimate of drug-likeness (QED) is 0.522. The van der Waals surface area contributed by atoms with Crippen molar-refractivity contribution in [3.63, 3.8) is 0 Å². The lowest BCUT2D eigenvalue weighted by molar-refractivity contribution is 0.0713. The summed E-state index contributed by atoms with van der Waals surface area (Å²) in [5, 5.41) is 10.4. The minimum atomic E-state index is 0.0527. The molecule has 0 radical (unpaired) electrons. The van der Waals surface area contributed by atoms with Gasteiger partial charge in [0, 0.05) is 24.6 Å². The van der Waals surface area contributed by atoms with E-state index < -0.39 is 0 Å². The van der Waals surface area contributed by atoms with Crippen molar-refractivity contribution in [3.05, 3.63) is 47.2 Å². The van der Waals surface area contributed by atoms with Crippen LogP contribution in [0.15, 0.2) is 41.0 Å². The van der Waals surface area contributed by atoms with Crippen molar-refractivity contribution in [2.75, 3.05) is 13.1 Å². The fourth-order valence-electron chi connectivity index (χ4n) is 3.33. The standard InChI is InChI=1S/C18H15N5O2S2/c24-18(12-3-4-13-14(10-12)22-27-21-13)23-7-5-11(6-8-23)16-19-20-17(26-16)15-2-1-9-25-15/h1-4,9-11H,5-8H2. The van der Waals surface area contributed by atoms with Crippen LogP contribution in [-0.4, -0.2) is 42.8 Å². The van der Waals surface area contributed by atoms with Gasteiger partial charge in [-0.05, 0) is 43.2 Å². The van der Waals surface area contributed by atoms with Crippen molar-refractivity contribution < 1.29 is 9.21 Å². The summed E-state index contributed by atoms with van der Waals surface area (Å²) in [7, 11) is 0. The number of carbonyl (C=O) groups excluding carboxylic acids is 1. The van der Waals surface area contributed by atoms with Crippen LogP contribution >= 0.6 is 23.1 Å². The Hall–Kier alpha value is -2.65. The van der Waals surface area contributed by atoms with Crippen molar-refractivity contribution in [1.82, 2.24) is 23.8 Å². The third kappa shape index (κ3) is 3.13. The van der Waals surface area contributed by atoms with Gasteiger partial charge in [-0.1, -0.05) is 11.3 Å². The molecule has 27 heavy (non-hydrogen) atoms. The van der Waals surface area contributed by atoms with Crippen molar-refractivity contribution in [2.24, 2.45) is 0 Å². The van der Waals surface area contributed by atoms with Crippen LogP contribution in [0.4, 0.5) is 0 Å². The molecule has 0 spiro atoms. The number of furan rings is 1. The molecule has 136 valence electrons. The minimum Gasteiger partial charge on any atom is -0.462 e. The summed E-state index contributed by atoms with van der Waals surface area (Å²) >= 11 is 2.74. The summed E-state index contributed by atoms with van der Waals surface area (Å²) in [5.41, 5.74) is 2.28. The zero-order chi connectivity index (χ0) is 18.2. The van der Waals surface area contributed by atoms with Crippen molar-refractivity contribution in [1.29, 1.82) is 0 Å². The fourth-order valence-corrected chi connectivity index (χ4v) is 4.82. The molecule has 0 bridgehead atoms. The van der Waals surface area contributed by atoms with E-state index in [4.69, 9.17) is 4.42 Å². The number of piperidine rings is 1. The van der Waals surface area contributed by atoms with E-state index in [1.165, 1.54) is 0 Å². The van der Waals surface area contributed by atoms with Crippen LogP contribution in [0, 0.1) is 0 Å². The Morgan fingerprint density at radius 2 is 1.96 bits per heavy atom. The van der Waals surface area contributed by atoms with Crippen LogP contribution in [-0.2, 0) is 0 Å². The van der Waals surface area contributed by atoms with E-state index in [0.717, 1.165) is 51.4 Å². The molecule has 1 amide bonds. The van der Waals surface area contributed by atoms with Gasteiger partial charge in [-0.25, -0.2) is 0 Å². The molecular formula is C18H15N5O2S2. The van der Waals surface area contributed by atoms with Crippen molar-refractivity contribution in [3.8, 4) is 10.8 Å². The summed E-state index contributed by atoms with van der Waals surface area (Å²) in [6.45, 7) is 1.43. The summed E-state index contributed by atoms with van der Waals surface area (Å²) in [5.74, 6) is 1.13. The van der Waals surface area contributed by atoms with Crippen LogP contribution in [0.25, 0.3) is 21.8 Å². The molecule has 5 rings (SSSR count). The number of amides is 1. The van der Waals surface area contributed by atoms with E-state index in [2.05, 4.69) is 18.9 Å². The first kappa shape index (κ1) is 16.5. The molecular weight excluding hydrogens is 382 g/mol. The molecule has 0 N–H and O–H groups in total. The van der Waals surface area contributed by atoms with E-state index in [-0.39, 0.29) is 5.91 Å². The van der Waals surface area contributed by atoms with Gasteiger partial charge in [0.2, 0.25) is 0 Å². The average molecular weight is 397 g/mol. The normalized spacial score (nSPS) is 15.5. The Balaban J connectivity index is 1.26. The summed E-state index contributed by atoms with van der Waals surface area (Å²) in [6, 6.07) is 9.25. The Labute approximate surface area is 163 Å². The van der Waals surface area contributed by atoms with Gasteiger partial charge in [0.05, 0.1) is 18.0 Å². The summed E-state index contributed by atoms with van der Waals surface area (Å²) in [6.07, 6.45) is 3.41. The van der Waals surface area contributed by atoms with E-state index in [1.54, 1.807) is 17.6 Å². The zero-order valence-electron chi connectivity index (χ0n) is 14.2. The van der Waals surface area contributed by atoms with Gasteiger partial charge in [-0.2, -0.15) is 8.75 Å². The number of nitrogens with zero attached hydrogens (tertiary/aromatic N) is 5. The second-order valence-corrected chi connectivity index (χ2v) is 7.99. The first-order valence-corrected chi connectivity index (χ1v) is 10.2. The molecule has 1 aromatic carbocycles. The molecule has 0 atom stereocenters. The topological polar surface area (TPSA) is 85.0 Å². The largest absolute Gasteiger partial charge is 0.462 e. The molecule has 1 aliphatic rings. The Morgan fingerprint density at radius 1 is 1.11 bits per heavy atom. The number of benzene rings is 1. The number of likely N-dealkylation sites (tertiary alicyclic amines) is 1. The zero-order valence-corrected chi connectivity index (χ0v) is 15.9. The van der Waals surface area contributed by atoms with Gasteiger partial charge in [0.15, 0.2) is 10.8 Å². The number of carbonyl (C=O) groups is 1. The van der Waals surface area contributed by atoms with Gasteiger partial charge in [-0.3, -0.25) is 4.79 Å². The SMILES string of the molecule is O=C(c1ccc2nsnc2c1)N1CCC(c2nnc(-c3ccco3)s2)CC1. The van der Waals surface area contributed by atoms with Gasteiger partial charge in [0.25, 0.3) is 5.91 Å². The highest BCUT2D eigenvalue weighted by atomic mass is 32.1. The number of hydrogen-bond acceptors (Lipinski definition) is 8. The van der Waals surface area contributed by atoms with E-state index in [0.29, 0.717) is 24.6 Å². The molecule has 0 aliphatic carbocycles. The van der Waals surface area contributed by atoms with Crippen molar-refractivity contribution in [2.45, 2.75) is 18.8 Å². The maximum Gasteiger partial charge on any atom is 0.253 e. The van der Waals surface area contributed by atoms with Crippen LogP contribution in [0.5, 0.6) is 0 Å². The highest BCUT2D eigenvalue weighted by Gasteiger charge is 2.27. The second-order valence-electron chi connectivity index (χ2n) is 6.46. The number of aromatic nitrogens is 4. The minimum absolute atomic E-state index is 0.0527. The summed E-state index contributed by atoms with van der Waals surface area (Å²) in [4.78, 5) is 14.7. The Bertz CT molecular complexity index is 1080. The lowest BCUT2D eigenvalue weighted by Crippen LogP contribution is -2.37. The number of hydrogen-bond donors (Lipinski definition) is 0. The summed E-state index contributed by atoms with van der Waals surface area (Å²) < 4.78 is 13.8. The fraction of sp³-hybridized carbons (Fsp3) is 0.278. The van der Waals surface area contributed by atoms with Crippen LogP contribution < -0.4 is 0 Å². The van der Waals surface area contributed by atoms with Crippen LogP contribution in [0.2, 0.25) is 0 Å². The maximum absolute atomic E-state index is 12.8. The molecule has 7 nitrogen and oxygen atoms in total. The third-order valence-corrected chi connectivity index (χ3v) is 6.46. The van der Waals surface area contributed by atoms with Gasteiger partial charge in [0.1, 0.15) is 16.0 Å². The monoisotopic (exact) mass is 397 g/mol. The van der Waals surface area contributed by atoms with Gasteiger partial charge < -0.3 is 9.32 Å². The Kier molecular flexibility index (Phi) is 4.17. The highest BCUT2D eigenvalue weighted by molar-refractivity contribution is 7.14. The van der Waals surface area contributed by atoms with Crippen LogP contribution in [0.3, 0.4) is 0 Å². The van der Waals surface area contributed by atoms with Gasteiger partial charge >= 0.3 is 0 Å². The third-order valence-electron chi connectivity index (χ3n) is 4.80. The molecule has 1 saturated heterocycles. The predicted octanol–water partition coefficient (Wildman–Crippen LogP) is 3.82. The molecule has 9 heteroatoms. The Morgan fingerprint density at radius 3 is 2.78 bits per heavy atom. The van der Waals surface area contributed by atoms with E-state index >= 15 is 0 Å². The second kappa shape index (κ2) is 6.82. The number of rotatable bonds is 3.